The summed E-state index contributed by atoms with van der Waals surface area (Å²) < 4.78 is 73.9. The van der Waals surface area contributed by atoms with E-state index >= 15 is 0 Å². The second-order valence-corrected chi connectivity index (χ2v) is 20.0. The van der Waals surface area contributed by atoms with Crippen molar-refractivity contribution in [1.82, 2.24) is 24.6 Å². The molecule has 62 heavy (non-hydrogen) atoms. The summed E-state index contributed by atoms with van der Waals surface area (Å²) in [7, 11) is -6.64. The Kier molecular flexibility index (Phi) is 16.5. The van der Waals surface area contributed by atoms with Crippen molar-refractivity contribution in [2.24, 2.45) is 10.7 Å². The zero-order valence-corrected chi connectivity index (χ0v) is 38.5. The van der Waals surface area contributed by atoms with Gasteiger partial charge in [0, 0.05) is 45.2 Å². The number of ether oxygens (including phenoxy) is 3. The number of amides is 3. The molecule has 3 amide bonds. The van der Waals surface area contributed by atoms with Crippen molar-refractivity contribution in [3.63, 3.8) is 0 Å². The number of nitro groups is 1. The van der Waals surface area contributed by atoms with Gasteiger partial charge in [0.15, 0.2) is 4.90 Å². The number of hydrogen-bond donors (Lipinski definition) is 4. The topological polar surface area (TPSA) is 288 Å². The standard InChI is InChI=1S/C39H58N8O13S2/c1-12-58-31(48)22-45(10)35(50)28(21-46(11)62(56,57)30-18-14-13-17-29(30)47(52)53)42-34(49)27(43-37(51)60-38(5,6)7)16-15-19-41-36(40)44-61(54,55)33-24(3)23(2)32-26(25(33)4)20-39(8,9)59-32/h13-14,17-18,27-28H,12,15-16,19-22H2,1-11H3,(H,42,49)(H,43,51)(H3,40,41,44). The van der Waals surface area contributed by atoms with Crippen LogP contribution in [-0.4, -0.2) is 124 Å². The number of guanidine groups is 1. The Morgan fingerprint density at radius 2 is 1.65 bits per heavy atom. The van der Waals surface area contributed by atoms with Crippen molar-refractivity contribution in [2.45, 2.75) is 115 Å². The van der Waals surface area contributed by atoms with Gasteiger partial charge in [-0.05, 0) is 97.9 Å². The molecule has 3 rings (SSSR count). The number of nitrogens with zero attached hydrogens (tertiary/aromatic N) is 4. The number of esters is 1. The Morgan fingerprint density at radius 3 is 2.24 bits per heavy atom. The van der Waals surface area contributed by atoms with Gasteiger partial charge in [-0.25, -0.2) is 26.4 Å². The molecule has 0 aliphatic carbocycles. The van der Waals surface area contributed by atoms with Crippen LogP contribution in [0.1, 0.15) is 76.6 Å². The number of hydrogen-bond acceptors (Lipinski definition) is 14. The van der Waals surface area contributed by atoms with Crippen LogP contribution in [0.15, 0.2) is 39.0 Å². The number of nitrogens with one attached hydrogen (secondary N) is 3. The molecule has 0 fully saturated rings. The number of alkyl carbamates (subject to hydrolysis) is 1. The average Bonchev–Trinajstić information content (AvgIpc) is 3.49. The van der Waals surface area contributed by atoms with Gasteiger partial charge in [-0.1, -0.05) is 12.1 Å². The quantitative estimate of drug-likeness (QED) is 0.0417. The molecule has 5 N–H and O–H groups in total. The van der Waals surface area contributed by atoms with E-state index in [1.807, 2.05) is 13.8 Å². The third-order valence-electron chi connectivity index (χ3n) is 9.59. The van der Waals surface area contributed by atoms with E-state index in [0.717, 1.165) is 29.6 Å². The van der Waals surface area contributed by atoms with Gasteiger partial charge in [-0.3, -0.25) is 29.5 Å². The van der Waals surface area contributed by atoms with Gasteiger partial charge in [0.1, 0.15) is 35.6 Å². The molecule has 0 saturated carbocycles. The highest BCUT2D eigenvalue weighted by atomic mass is 32.2. The van der Waals surface area contributed by atoms with Crippen LogP contribution in [0, 0.1) is 30.9 Å². The fourth-order valence-corrected chi connectivity index (χ4v) is 9.50. The van der Waals surface area contributed by atoms with Crippen LogP contribution in [0.5, 0.6) is 5.75 Å². The van der Waals surface area contributed by atoms with Crippen LogP contribution < -0.4 is 25.8 Å². The lowest BCUT2D eigenvalue weighted by Gasteiger charge is -2.29. The van der Waals surface area contributed by atoms with Crippen molar-refractivity contribution in [3.8, 4) is 5.75 Å². The molecule has 0 spiro atoms. The summed E-state index contributed by atoms with van der Waals surface area (Å²) in [6.07, 6.45) is -0.695. The highest BCUT2D eigenvalue weighted by Gasteiger charge is 2.38. The van der Waals surface area contributed by atoms with E-state index in [2.05, 4.69) is 20.3 Å². The summed E-state index contributed by atoms with van der Waals surface area (Å²) in [4.78, 5) is 68.2. The van der Waals surface area contributed by atoms with Crippen LogP contribution in [0.2, 0.25) is 0 Å². The number of carbonyl (C=O) groups is 4. The Hall–Kier alpha value is -5.55. The largest absolute Gasteiger partial charge is 0.487 e. The van der Waals surface area contributed by atoms with E-state index in [0.29, 0.717) is 33.2 Å². The fourth-order valence-electron chi connectivity index (χ4n) is 6.63. The third-order valence-corrected chi connectivity index (χ3v) is 13.1. The Bertz CT molecular complexity index is 2310. The molecule has 1 heterocycles. The molecule has 1 aliphatic rings. The first-order valence-electron chi connectivity index (χ1n) is 19.6. The number of nitro benzene ring substituents is 1. The van der Waals surface area contributed by atoms with Crippen LogP contribution in [-0.2, 0) is 50.3 Å². The molecule has 344 valence electrons. The SMILES string of the molecule is CCOC(=O)CN(C)C(=O)C(CN(C)S(=O)(=O)c1ccccc1[N+](=O)[O-])NC(=O)C(CCCN=C(N)NS(=O)(=O)c1c(C)c(C)c2c(c1C)CC(C)(C)O2)NC(=O)OC(C)(C)C. The molecular weight excluding hydrogens is 853 g/mol. The Balaban J connectivity index is 1.89. The summed E-state index contributed by atoms with van der Waals surface area (Å²) in [6, 6.07) is 1.38. The van der Waals surface area contributed by atoms with Crippen LogP contribution in [0.3, 0.4) is 0 Å². The molecule has 2 atom stereocenters. The van der Waals surface area contributed by atoms with E-state index in [4.69, 9.17) is 19.9 Å². The molecule has 0 radical (unpaired) electrons. The second kappa shape index (κ2) is 20.1. The Morgan fingerprint density at radius 1 is 1.02 bits per heavy atom. The van der Waals surface area contributed by atoms with Gasteiger partial charge >= 0.3 is 12.1 Å². The number of nitrogens with two attached hydrogens (primary N) is 1. The second-order valence-electron chi connectivity index (χ2n) is 16.3. The summed E-state index contributed by atoms with van der Waals surface area (Å²) in [6.45, 7) is 13.8. The first kappa shape index (κ1) is 50.8. The molecule has 1 aliphatic heterocycles. The van der Waals surface area contributed by atoms with E-state index < -0.39 is 102 Å². The third kappa shape index (κ3) is 13.0. The molecule has 2 aromatic rings. The number of aliphatic imine (C=N–C) groups is 1. The fraction of sp³-hybridized carbons (Fsp3) is 0.564. The van der Waals surface area contributed by atoms with Gasteiger partial charge in [0.05, 0.1) is 16.4 Å². The van der Waals surface area contributed by atoms with Gasteiger partial charge in [-0.15, -0.1) is 0 Å². The van der Waals surface area contributed by atoms with E-state index in [-0.39, 0.29) is 30.9 Å². The highest BCUT2D eigenvalue weighted by molar-refractivity contribution is 7.90. The lowest BCUT2D eigenvalue weighted by atomic mass is 9.94. The predicted molar refractivity (Wildman–Crippen MR) is 227 cm³/mol. The lowest BCUT2D eigenvalue weighted by molar-refractivity contribution is -0.387. The number of likely N-dealkylation sites (N-methyl/N-ethyl adjacent to an activating group) is 2. The smallest absolute Gasteiger partial charge is 0.408 e. The summed E-state index contributed by atoms with van der Waals surface area (Å²) in [5, 5.41) is 16.6. The van der Waals surface area contributed by atoms with Crippen molar-refractivity contribution >= 4 is 55.6 Å². The molecule has 0 aromatic heterocycles. The maximum atomic E-state index is 14.0. The highest BCUT2D eigenvalue weighted by Crippen LogP contribution is 2.43. The average molecular weight is 911 g/mol. The Labute approximate surface area is 362 Å². The van der Waals surface area contributed by atoms with Crippen LogP contribution in [0.4, 0.5) is 10.5 Å². The van der Waals surface area contributed by atoms with Gasteiger partial charge in [-0.2, -0.15) is 4.31 Å². The first-order valence-corrected chi connectivity index (χ1v) is 22.5. The number of sulfonamides is 2. The monoisotopic (exact) mass is 910 g/mol. The number of para-hydroxylation sites is 1. The van der Waals surface area contributed by atoms with Crippen molar-refractivity contribution in [3.05, 3.63) is 56.6 Å². The molecule has 23 heteroatoms. The summed E-state index contributed by atoms with van der Waals surface area (Å²) >= 11 is 0. The summed E-state index contributed by atoms with van der Waals surface area (Å²) in [5.74, 6) is -2.53. The molecule has 2 unspecified atom stereocenters. The zero-order chi connectivity index (χ0) is 47.1. The molecule has 21 nitrogen and oxygen atoms in total. The molecule has 0 bridgehead atoms. The number of carbonyl (C=O) groups excluding carboxylic acids is 4. The maximum absolute atomic E-state index is 14.0. The molecular formula is C39H58N8O13S2. The van der Waals surface area contributed by atoms with Crippen molar-refractivity contribution < 1.29 is 55.1 Å². The zero-order valence-electron chi connectivity index (χ0n) is 36.9. The van der Waals surface area contributed by atoms with Crippen LogP contribution >= 0.6 is 0 Å². The van der Waals surface area contributed by atoms with E-state index in [9.17, 15) is 46.1 Å². The maximum Gasteiger partial charge on any atom is 0.408 e. The van der Waals surface area contributed by atoms with E-state index in [1.54, 1.807) is 48.5 Å². The van der Waals surface area contributed by atoms with Crippen molar-refractivity contribution in [2.75, 3.05) is 40.3 Å². The summed E-state index contributed by atoms with van der Waals surface area (Å²) in [5.41, 5.74) is 6.26. The van der Waals surface area contributed by atoms with E-state index in [1.165, 1.54) is 19.2 Å². The predicted octanol–water partition coefficient (Wildman–Crippen LogP) is 2.33. The van der Waals surface area contributed by atoms with Gasteiger partial charge < -0.3 is 35.5 Å². The lowest BCUT2D eigenvalue weighted by Crippen LogP contribution is -2.58. The van der Waals surface area contributed by atoms with Gasteiger partial charge in [0.2, 0.25) is 27.8 Å². The number of fused-ring (bicyclic) bond motifs is 1. The minimum absolute atomic E-state index is 0.000430. The number of benzene rings is 2. The van der Waals surface area contributed by atoms with Crippen LogP contribution in [0.25, 0.3) is 0 Å². The molecule has 2 aromatic carbocycles. The van der Waals surface area contributed by atoms with Gasteiger partial charge in [0.25, 0.3) is 15.7 Å². The first-order chi connectivity index (χ1) is 28.5. The number of rotatable bonds is 18. The molecule has 0 saturated heterocycles. The van der Waals surface area contributed by atoms with Crippen molar-refractivity contribution in [1.29, 1.82) is 0 Å². The minimum atomic E-state index is -4.66. The minimum Gasteiger partial charge on any atom is -0.487 e. The normalized spacial score (nSPS) is 14.8.